The van der Waals surface area contributed by atoms with Crippen LogP contribution in [0.2, 0.25) is 0 Å². The molecule has 3 heterocycles. The zero-order valence-electron chi connectivity index (χ0n) is 16.1. The van der Waals surface area contributed by atoms with Crippen molar-refractivity contribution in [2.75, 3.05) is 5.73 Å². The maximum atomic E-state index is 13.0. The predicted molar refractivity (Wildman–Crippen MR) is 110 cm³/mol. The second-order valence-corrected chi connectivity index (χ2v) is 7.76. The van der Waals surface area contributed by atoms with Gasteiger partial charge in [-0.3, -0.25) is 4.79 Å². The normalized spacial score (nSPS) is 15.4. The molecule has 3 aromatic heterocycles. The predicted octanol–water partition coefficient (Wildman–Crippen LogP) is 1.50. The van der Waals surface area contributed by atoms with Crippen LogP contribution in [0, 0.1) is 0 Å². The molecule has 1 aromatic carbocycles. The Bertz CT molecular complexity index is 1310. The van der Waals surface area contributed by atoms with E-state index in [1.54, 1.807) is 36.5 Å². The maximum absolute atomic E-state index is 13.0. The van der Waals surface area contributed by atoms with Crippen LogP contribution in [0.5, 0.6) is 0 Å². The molecule has 154 valence electrons. The Hall–Kier alpha value is -3.27. The fraction of sp³-hybridized carbons (Fsp3) is 0.286. The number of aliphatic hydroxyl groups is 3. The summed E-state index contributed by atoms with van der Waals surface area (Å²) in [6.07, 6.45) is 2.46. The van der Waals surface area contributed by atoms with E-state index in [-0.39, 0.29) is 17.0 Å². The fourth-order valence-corrected chi connectivity index (χ4v) is 4.30. The highest BCUT2D eigenvalue weighted by atomic mass is 16.7. The molecule has 0 amide bonds. The van der Waals surface area contributed by atoms with Crippen LogP contribution in [-0.4, -0.2) is 34.5 Å². The van der Waals surface area contributed by atoms with Crippen LogP contribution in [0.4, 0.5) is 5.82 Å². The van der Waals surface area contributed by atoms with Gasteiger partial charge in [-0.1, -0.05) is 18.9 Å². The molecular formula is C21H21N5O4. The Labute approximate surface area is 170 Å². The Balaban J connectivity index is 1.82. The standard InChI is InChI=1S/C21H21N5O4/c22-18-8-6-14(11-23-18)13-5-7-15-17(9-13)26-19(25(20(15)27)21(28,29)30)10-16(24-26)12-3-1-2-4-12/h5-12,28-30H,1-4H2,(H2,22,23). The monoisotopic (exact) mass is 407 g/mol. The van der Waals surface area contributed by atoms with Gasteiger partial charge in [0.05, 0.1) is 16.6 Å². The van der Waals surface area contributed by atoms with E-state index in [1.807, 2.05) is 6.07 Å². The van der Waals surface area contributed by atoms with Crippen molar-refractivity contribution in [3.63, 3.8) is 0 Å². The van der Waals surface area contributed by atoms with Crippen molar-refractivity contribution in [1.29, 1.82) is 0 Å². The summed E-state index contributed by atoms with van der Waals surface area (Å²) in [4.78, 5) is 17.1. The van der Waals surface area contributed by atoms with Gasteiger partial charge in [0.15, 0.2) is 0 Å². The van der Waals surface area contributed by atoms with Crippen molar-refractivity contribution < 1.29 is 15.3 Å². The lowest BCUT2D eigenvalue weighted by Crippen LogP contribution is -2.41. The summed E-state index contributed by atoms with van der Waals surface area (Å²) < 4.78 is 2.03. The topological polar surface area (TPSA) is 139 Å². The van der Waals surface area contributed by atoms with Crippen LogP contribution in [0.3, 0.4) is 0 Å². The molecule has 0 bridgehead atoms. The first kappa shape index (κ1) is 18.7. The molecule has 0 aliphatic heterocycles. The highest BCUT2D eigenvalue weighted by Gasteiger charge is 2.30. The third-order valence-corrected chi connectivity index (χ3v) is 5.79. The van der Waals surface area contributed by atoms with E-state index in [2.05, 4.69) is 10.1 Å². The van der Waals surface area contributed by atoms with Crippen LogP contribution in [0.15, 0.2) is 47.4 Å². The lowest BCUT2D eigenvalue weighted by Gasteiger charge is -2.19. The summed E-state index contributed by atoms with van der Waals surface area (Å²) in [5.41, 5.74) is 7.91. The van der Waals surface area contributed by atoms with Gasteiger partial charge < -0.3 is 21.1 Å². The van der Waals surface area contributed by atoms with Gasteiger partial charge >= 0.3 is 6.10 Å². The highest BCUT2D eigenvalue weighted by Crippen LogP contribution is 2.34. The molecule has 0 unspecified atom stereocenters. The van der Waals surface area contributed by atoms with E-state index in [0.29, 0.717) is 15.9 Å². The van der Waals surface area contributed by atoms with Crippen molar-refractivity contribution >= 4 is 22.4 Å². The average molecular weight is 407 g/mol. The van der Waals surface area contributed by atoms with Crippen LogP contribution in [0.25, 0.3) is 27.7 Å². The zero-order chi connectivity index (χ0) is 21.0. The van der Waals surface area contributed by atoms with Crippen LogP contribution >= 0.6 is 0 Å². The van der Waals surface area contributed by atoms with Crippen molar-refractivity contribution in [3.8, 4) is 11.1 Å². The molecule has 5 rings (SSSR count). The molecule has 0 saturated heterocycles. The van der Waals surface area contributed by atoms with Gasteiger partial charge in [0.25, 0.3) is 5.56 Å². The van der Waals surface area contributed by atoms with Gasteiger partial charge in [-0.05, 0) is 42.7 Å². The van der Waals surface area contributed by atoms with Crippen LogP contribution in [0.1, 0.15) is 37.3 Å². The number of anilines is 1. The van der Waals surface area contributed by atoms with Gasteiger partial charge in [0.2, 0.25) is 0 Å². The Morgan fingerprint density at radius 2 is 1.77 bits per heavy atom. The Morgan fingerprint density at radius 3 is 2.43 bits per heavy atom. The van der Waals surface area contributed by atoms with Gasteiger partial charge in [0, 0.05) is 23.7 Å². The molecule has 4 aromatic rings. The van der Waals surface area contributed by atoms with E-state index < -0.39 is 11.7 Å². The smallest absolute Gasteiger partial charge is 0.377 e. The third kappa shape index (κ3) is 2.95. The highest BCUT2D eigenvalue weighted by molar-refractivity contribution is 5.85. The molecule has 30 heavy (non-hydrogen) atoms. The molecule has 9 nitrogen and oxygen atoms in total. The van der Waals surface area contributed by atoms with Crippen molar-refractivity contribution in [2.45, 2.75) is 37.7 Å². The number of hydrogen-bond donors (Lipinski definition) is 4. The number of hydrogen-bond acceptors (Lipinski definition) is 7. The second kappa shape index (κ2) is 6.63. The fourth-order valence-electron chi connectivity index (χ4n) is 4.30. The molecular weight excluding hydrogens is 386 g/mol. The number of aromatic nitrogens is 4. The maximum Gasteiger partial charge on any atom is 0.377 e. The average Bonchev–Trinajstić information content (AvgIpc) is 3.37. The first-order valence-corrected chi connectivity index (χ1v) is 9.81. The number of rotatable bonds is 3. The molecule has 5 N–H and O–H groups in total. The molecule has 9 heteroatoms. The first-order valence-electron chi connectivity index (χ1n) is 9.81. The first-order chi connectivity index (χ1) is 14.3. The molecule has 0 radical (unpaired) electrons. The van der Waals surface area contributed by atoms with Crippen molar-refractivity contribution in [1.82, 2.24) is 19.2 Å². The van der Waals surface area contributed by atoms with Crippen molar-refractivity contribution in [2.24, 2.45) is 0 Å². The van der Waals surface area contributed by atoms with Gasteiger partial charge in [-0.2, -0.15) is 5.10 Å². The lowest BCUT2D eigenvalue weighted by atomic mass is 10.0. The van der Waals surface area contributed by atoms with Crippen LogP contribution < -0.4 is 11.3 Å². The number of nitrogens with zero attached hydrogens (tertiary/aromatic N) is 4. The minimum absolute atomic E-state index is 0.106. The minimum Gasteiger partial charge on any atom is -0.384 e. The summed E-state index contributed by atoms with van der Waals surface area (Å²) in [5, 5.41) is 34.5. The Morgan fingerprint density at radius 1 is 1.03 bits per heavy atom. The molecule has 0 atom stereocenters. The number of nitrogen functional groups attached to an aromatic ring is 1. The quantitative estimate of drug-likeness (QED) is 0.377. The lowest BCUT2D eigenvalue weighted by molar-refractivity contribution is -0.374. The third-order valence-electron chi connectivity index (χ3n) is 5.79. The summed E-state index contributed by atoms with van der Waals surface area (Å²) in [5.74, 6) is 0.640. The minimum atomic E-state index is -3.35. The van der Waals surface area contributed by atoms with E-state index in [1.165, 1.54) is 4.52 Å². The van der Waals surface area contributed by atoms with E-state index >= 15 is 0 Å². The summed E-state index contributed by atoms with van der Waals surface area (Å²) in [6, 6.07) is 10.3. The van der Waals surface area contributed by atoms with Gasteiger partial charge in [0.1, 0.15) is 11.5 Å². The molecule has 0 spiro atoms. The van der Waals surface area contributed by atoms with E-state index in [4.69, 9.17) is 5.73 Å². The zero-order valence-corrected chi connectivity index (χ0v) is 16.1. The summed E-state index contributed by atoms with van der Waals surface area (Å²) in [6.45, 7) is 0. The number of fused-ring (bicyclic) bond motifs is 3. The SMILES string of the molecule is Nc1ccc(-c2ccc3c(=O)n(C(O)(O)O)c4cc(C5CCCC5)nn4c3c2)cn1. The molecule has 1 aliphatic carbocycles. The van der Waals surface area contributed by atoms with Crippen LogP contribution in [-0.2, 0) is 6.10 Å². The molecule has 1 fully saturated rings. The largest absolute Gasteiger partial charge is 0.384 e. The Kier molecular flexibility index (Phi) is 4.14. The van der Waals surface area contributed by atoms with E-state index in [9.17, 15) is 20.1 Å². The molecule has 1 aliphatic rings. The second-order valence-electron chi connectivity index (χ2n) is 7.76. The number of nitrogens with two attached hydrogens (primary N) is 1. The summed E-state index contributed by atoms with van der Waals surface area (Å²) in [7, 11) is 0. The van der Waals surface area contributed by atoms with Crippen molar-refractivity contribution in [3.05, 3.63) is 58.6 Å². The van der Waals surface area contributed by atoms with Gasteiger partial charge in [-0.15, -0.1) is 0 Å². The summed E-state index contributed by atoms with van der Waals surface area (Å²) >= 11 is 0. The number of pyridine rings is 1. The van der Waals surface area contributed by atoms with E-state index in [0.717, 1.165) is 42.5 Å². The molecule has 1 saturated carbocycles. The van der Waals surface area contributed by atoms with Gasteiger partial charge in [-0.25, -0.2) is 14.1 Å². The number of benzene rings is 1.